The highest BCUT2D eigenvalue weighted by Gasteiger charge is 2.17. The first-order valence-corrected chi connectivity index (χ1v) is 9.41. The van der Waals surface area contributed by atoms with E-state index in [0.717, 1.165) is 57.0 Å². The van der Waals surface area contributed by atoms with Crippen molar-refractivity contribution in [2.75, 3.05) is 51.3 Å². The fraction of sp³-hybridized carbons (Fsp3) is 0.381. The van der Waals surface area contributed by atoms with Crippen molar-refractivity contribution in [3.63, 3.8) is 0 Å². The quantitative estimate of drug-likeness (QED) is 0.740. The van der Waals surface area contributed by atoms with Crippen LogP contribution in [0.2, 0.25) is 0 Å². The molecule has 0 spiro atoms. The minimum absolute atomic E-state index is 0.130. The van der Waals surface area contributed by atoms with Gasteiger partial charge < -0.3 is 15.0 Å². The molecule has 1 amide bonds. The van der Waals surface area contributed by atoms with Crippen LogP contribution in [0.1, 0.15) is 16.8 Å². The number of carbonyl (C=O) groups is 1. The number of carbonyl (C=O) groups excluding carboxylic acids is 1. The standard InChI is InChI=1S/C21H25F2N3O2/c1-28-18-6-4-17(5-7-18)26-13-11-25(12-14-26)10-2-9-24-21(27)19-8-3-16(22)15-20(19)23/h3-8,15H,2,9-14H2,1H3,(H,24,27). The van der Waals surface area contributed by atoms with Crippen LogP contribution in [0.5, 0.6) is 5.75 Å². The Labute approximate surface area is 163 Å². The maximum Gasteiger partial charge on any atom is 0.254 e. The van der Waals surface area contributed by atoms with E-state index < -0.39 is 17.5 Å². The summed E-state index contributed by atoms with van der Waals surface area (Å²) in [6.07, 6.45) is 0.775. The van der Waals surface area contributed by atoms with Gasteiger partial charge in [-0.15, -0.1) is 0 Å². The number of hydrogen-bond donors (Lipinski definition) is 1. The van der Waals surface area contributed by atoms with E-state index in [-0.39, 0.29) is 5.56 Å². The van der Waals surface area contributed by atoms with Crippen LogP contribution in [0.15, 0.2) is 42.5 Å². The average Bonchev–Trinajstić information content (AvgIpc) is 2.71. The lowest BCUT2D eigenvalue weighted by atomic mass is 10.2. The third kappa shape index (κ3) is 5.19. The molecule has 1 heterocycles. The van der Waals surface area contributed by atoms with Crippen LogP contribution in [0.4, 0.5) is 14.5 Å². The summed E-state index contributed by atoms with van der Waals surface area (Å²) in [5.41, 5.74) is 1.06. The maximum atomic E-state index is 13.6. The van der Waals surface area contributed by atoms with Crippen molar-refractivity contribution >= 4 is 11.6 Å². The Hall–Kier alpha value is -2.67. The van der Waals surface area contributed by atoms with Crippen LogP contribution in [0.25, 0.3) is 0 Å². The van der Waals surface area contributed by atoms with Gasteiger partial charge >= 0.3 is 0 Å². The summed E-state index contributed by atoms with van der Waals surface area (Å²) in [5.74, 6) is -1.19. The highest BCUT2D eigenvalue weighted by molar-refractivity contribution is 5.94. The lowest BCUT2D eigenvalue weighted by Gasteiger charge is -2.36. The maximum absolute atomic E-state index is 13.6. The van der Waals surface area contributed by atoms with Gasteiger partial charge in [-0.25, -0.2) is 8.78 Å². The first-order valence-electron chi connectivity index (χ1n) is 9.41. The van der Waals surface area contributed by atoms with Crippen molar-refractivity contribution in [1.29, 1.82) is 0 Å². The van der Waals surface area contributed by atoms with Gasteiger partial charge in [-0.2, -0.15) is 0 Å². The van der Waals surface area contributed by atoms with Gasteiger partial charge in [0.15, 0.2) is 0 Å². The molecule has 0 radical (unpaired) electrons. The fourth-order valence-corrected chi connectivity index (χ4v) is 3.30. The zero-order valence-electron chi connectivity index (χ0n) is 16.0. The number of nitrogens with zero attached hydrogens (tertiary/aromatic N) is 2. The number of amides is 1. The summed E-state index contributed by atoms with van der Waals surface area (Å²) < 4.78 is 31.7. The van der Waals surface area contributed by atoms with Gasteiger partial charge in [0.2, 0.25) is 0 Å². The van der Waals surface area contributed by atoms with E-state index in [9.17, 15) is 13.6 Å². The largest absolute Gasteiger partial charge is 0.497 e. The van der Waals surface area contributed by atoms with Gasteiger partial charge in [0.1, 0.15) is 17.4 Å². The number of benzene rings is 2. The number of anilines is 1. The van der Waals surface area contributed by atoms with Crippen molar-refractivity contribution < 1.29 is 18.3 Å². The number of halogens is 2. The molecule has 1 aliphatic heterocycles. The Morgan fingerprint density at radius 1 is 1.07 bits per heavy atom. The average molecular weight is 389 g/mol. The molecule has 1 aliphatic rings. The lowest BCUT2D eigenvalue weighted by Crippen LogP contribution is -2.47. The fourth-order valence-electron chi connectivity index (χ4n) is 3.30. The van der Waals surface area contributed by atoms with E-state index in [2.05, 4.69) is 27.2 Å². The summed E-state index contributed by atoms with van der Waals surface area (Å²) in [6, 6.07) is 11.0. The predicted octanol–water partition coefficient (Wildman–Crippen LogP) is 2.92. The monoisotopic (exact) mass is 389 g/mol. The zero-order chi connectivity index (χ0) is 19.9. The van der Waals surface area contributed by atoms with Crippen molar-refractivity contribution in [2.45, 2.75) is 6.42 Å². The first-order chi connectivity index (χ1) is 13.6. The molecule has 150 valence electrons. The van der Waals surface area contributed by atoms with E-state index in [0.29, 0.717) is 6.54 Å². The molecule has 2 aromatic carbocycles. The van der Waals surface area contributed by atoms with Crippen LogP contribution in [0, 0.1) is 11.6 Å². The molecule has 7 heteroatoms. The number of piperazine rings is 1. The number of methoxy groups -OCH3 is 1. The highest BCUT2D eigenvalue weighted by Crippen LogP contribution is 2.20. The molecule has 0 aliphatic carbocycles. The van der Waals surface area contributed by atoms with Gasteiger partial charge in [-0.1, -0.05) is 0 Å². The van der Waals surface area contributed by atoms with Crippen molar-refractivity contribution in [2.24, 2.45) is 0 Å². The molecule has 0 bridgehead atoms. The molecule has 1 saturated heterocycles. The number of rotatable bonds is 7. The lowest BCUT2D eigenvalue weighted by molar-refractivity contribution is 0.0947. The summed E-state index contributed by atoms with van der Waals surface area (Å²) in [7, 11) is 1.66. The SMILES string of the molecule is COc1ccc(N2CCN(CCCNC(=O)c3ccc(F)cc3F)CC2)cc1. The van der Waals surface area contributed by atoms with Gasteiger partial charge in [0.25, 0.3) is 5.91 Å². The van der Waals surface area contributed by atoms with Crippen LogP contribution >= 0.6 is 0 Å². The van der Waals surface area contributed by atoms with Crippen LogP contribution in [-0.2, 0) is 0 Å². The Kier molecular flexibility index (Phi) is 6.81. The third-order valence-electron chi connectivity index (χ3n) is 4.92. The topological polar surface area (TPSA) is 44.8 Å². The Morgan fingerprint density at radius 2 is 1.79 bits per heavy atom. The number of hydrogen-bond acceptors (Lipinski definition) is 4. The second-order valence-electron chi connectivity index (χ2n) is 6.76. The van der Waals surface area contributed by atoms with Gasteiger partial charge in [0, 0.05) is 44.5 Å². The molecule has 28 heavy (non-hydrogen) atoms. The van der Waals surface area contributed by atoms with Crippen LogP contribution < -0.4 is 15.0 Å². The van der Waals surface area contributed by atoms with Crippen molar-refractivity contribution in [3.05, 3.63) is 59.7 Å². The molecule has 0 saturated carbocycles. The van der Waals surface area contributed by atoms with E-state index in [1.54, 1.807) is 7.11 Å². The van der Waals surface area contributed by atoms with Crippen LogP contribution in [0.3, 0.4) is 0 Å². The van der Waals surface area contributed by atoms with Gasteiger partial charge in [0.05, 0.1) is 12.7 Å². The summed E-state index contributed by atoms with van der Waals surface area (Å²) in [4.78, 5) is 16.7. The normalized spacial score (nSPS) is 14.8. The van der Waals surface area contributed by atoms with E-state index in [1.165, 1.54) is 11.8 Å². The van der Waals surface area contributed by atoms with E-state index in [4.69, 9.17) is 4.74 Å². The molecule has 1 fully saturated rings. The molecule has 0 atom stereocenters. The van der Waals surface area contributed by atoms with Crippen LogP contribution in [-0.4, -0.2) is 57.2 Å². The number of nitrogens with one attached hydrogen (secondary N) is 1. The first kappa shape index (κ1) is 20.1. The predicted molar refractivity (Wildman–Crippen MR) is 105 cm³/mol. The highest BCUT2D eigenvalue weighted by atomic mass is 19.1. The molecular formula is C21H25F2N3O2. The van der Waals surface area contributed by atoms with Crippen molar-refractivity contribution in [1.82, 2.24) is 10.2 Å². The molecular weight excluding hydrogens is 364 g/mol. The molecule has 0 unspecified atom stereocenters. The Bertz CT molecular complexity index is 791. The van der Waals surface area contributed by atoms with Crippen molar-refractivity contribution in [3.8, 4) is 5.75 Å². The second-order valence-corrected chi connectivity index (χ2v) is 6.76. The smallest absolute Gasteiger partial charge is 0.254 e. The Balaban J connectivity index is 1.36. The Morgan fingerprint density at radius 3 is 2.43 bits per heavy atom. The summed E-state index contributed by atoms with van der Waals surface area (Å²) in [6.45, 7) is 5.11. The minimum Gasteiger partial charge on any atom is -0.497 e. The summed E-state index contributed by atoms with van der Waals surface area (Å²) >= 11 is 0. The molecule has 0 aromatic heterocycles. The van der Waals surface area contributed by atoms with Gasteiger partial charge in [-0.3, -0.25) is 9.69 Å². The molecule has 3 rings (SSSR count). The third-order valence-corrected chi connectivity index (χ3v) is 4.92. The molecule has 2 aromatic rings. The minimum atomic E-state index is -0.841. The summed E-state index contributed by atoms with van der Waals surface area (Å²) in [5, 5.41) is 2.69. The zero-order valence-corrected chi connectivity index (χ0v) is 16.0. The van der Waals surface area contributed by atoms with Gasteiger partial charge in [-0.05, 0) is 49.4 Å². The van der Waals surface area contributed by atoms with E-state index in [1.807, 2.05) is 12.1 Å². The van der Waals surface area contributed by atoms with E-state index >= 15 is 0 Å². The molecule has 1 N–H and O–H groups in total. The number of ether oxygens (including phenoxy) is 1. The molecule has 5 nitrogen and oxygen atoms in total. The second kappa shape index (κ2) is 9.50.